The smallest absolute Gasteiger partial charge is 0.338 e. The first-order valence-electron chi connectivity index (χ1n) is 5.51. The van der Waals surface area contributed by atoms with Crippen molar-refractivity contribution in [3.8, 4) is 11.5 Å². The normalized spacial score (nSPS) is 11.0. The Balaban J connectivity index is 3.15. The lowest BCUT2D eigenvalue weighted by molar-refractivity contribution is -0.132. The standard InChI is InChI=1S/C13H13N3O4/c1-19-11-7-4-8-12(20-2)9(11)5-3-6-10(13(17)18)15-16-14/h3-8H,1-2H3,(H,17,18)/b5-3+,10-6-. The number of methoxy groups -OCH3 is 2. The number of aliphatic carboxylic acids is 1. The van der Waals surface area contributed by atoms with Gasteiger partial charge >= 0.3 is 5.97 Å². The number of hydrogen-bond acceptors (Lipinski definition) is 4. The van der Waals surface area contributed by atoms with Crippen molar-refractivity contribution in [3.63, 3.8) is 0 Å². The summed E-state index contributed by atoms with van der Waals surface area (Å²) < 4.78 is 10.4. The van der Waals surface area contributed by atoms with Gasteiger partial charge in [0.05, 0.1) is 19.8 Å². The average molecular weight is 275 g/mol. The number of allylic oxidation sites excluding steroid dienone is 2. The molecule has 0 heterocycles. The topological polar surface area (TPSA) is 105 Å². The Labute approximate surface area is 115 Å². The highest BCUT2D eigenvalue weighted by atomic mass is 16.5. The van der Waals surface area contributed by atoms with E-state index >= 15 is 0 Å². The number of azide groups is 1. The summed E-state index contributed by atoms with van der Waals surface area (Å²) in [6.07, 6.45) is 4.24. The van der Waals surface area contributed by atoms with Gasteiger partial charge in [-0.25, -0.2) is 4.79 Å². The monoisotopic (exact) mass is 275 g/mol. The third-order valence-corrected chi connectivity index (χ3v) is 2.35. The maximum atomic E-state index is 10.8. The van der Waals surface area contributed by atoms with Crippen molar-refractivity contribution in [2.24, 2.45) is 5.11 Å². The van der Waals surface area contributed by atoms with E-state index in [1.807, 2.05) is 0 Å². The molecule has 0 unspecified atom stereocenters. The van der Waals surface area contributed by atoms with Crippen LogP contribution in [-0.4, -0.2) is 25.3 Å². The zero-order chi connectivity index (χ0) is 15.0. The maximum Gasteiger partial charge on any atom is 0.338 e. The molecule has 104 valence electrons. The van der Waals surface area contributed by atoms with Gasteiger partial charge in [-0.3, -0.25) is 0 Å². The van der Waals surface area contributed by atoms with E-state index in [0.29, 0.717) is 17.1 Å². The molecule has 0 atom stereocenters. The lowest BCUT2D eigenvalue weighted by Crippen LogP contribution is -1.96. The number of benzene rings is 1. The first-order chi connectivity index (χ1) is 9.63. The van der Waals surface area contributed by atoms with E-state index < -0.39 is 11.7 Å². The average Bonchev–Trinajstić information content (AvgIpc) is 2.46. The van der Waals surface area contributed by atoms with Crippen molar-refractivity contribution in [2.75, 3.05) is 14.2 Å². The van der Waals surface area contributed by atoms with Gasteiger partial charge in [-0.2, -0.15) is 0 Å². The first kappa shape index (κ1) is 15.1. The number of ether oxygens (including phenoxy) is 2. The van der Waals surface area contributed by atoms with Crippen LogP contribution < -0.4 is 9.47 Å². The molecule has 0 bridgehead atoms. The summed E-state index contributed by atoms with van der Waals surface area (Å²) in [6, 6.07) is 5.27. The highest BCUT2D eigenvalue weighted by Gasteiger charge is 2.06. The molecular formula is C13H13N3O4. The molecule has 0 aliphatic rings. The van der Waals surface area contributed by atoms with Crippen LogP contribution >= 0.6 is 0 Å². The van der Waals surface area contributed by atoms with Gasteiger partial charge in [0.2, 0.25) is 0 Å². The predicted molar refractivity (Wildman–Crippen MR) is 73.4 cm³/mol. The van der Waals surface area contributed by atoms with Crippen molar-refractivity contribution in [2.45, 2.75) is 0 Å². The maximum absolute atomic E-state index is 10.8. The third kappa shape index (κ3) is 3.79. The van der Waals surface area contributed by atoms with Crippen LogP contribution in [0.15, 0.2) is 41.2 Å². The van der Waals surface area contributed by atoms with Gasteiger partial charge in [0, 0.05) is 4.91 Å². The van der Waals surface area contributed by atoms with Crippen molar-refractivity contribution in [1.82, 2.24) is 0 Å². The lowest BCUT2D eigenvalue weighted by Gasteiger charge is -2.09. The number of nitrogens with zero attached hydrogens (tertiary/aromatic N) is 3. The van der Waals surface area contributed by atoms with Crippen LogP contribution in [0, 0.1) is 0 Å². The SMILES string of the molecule is COc1cccc(OC)c1/C=C/C=C(\N=[N+]=[N-])C(=O)O. The molecule has 0 radical (unpaired) electrons. The molecule has 0 aliphatic carbocycles. The Kier molecular flexibility index (Phi) is 5.68. The zero-order valence-corrected chi connectivity index (χ0v) is 11.0. The van der Waals surface area contributed by atoms with E-state index in [1.54, 1.807) is 24.3 Å². The molecule has 0 aliphatic heterocycles. The van der Waals surface area contributed by atoms with Crippen molar-refractivity contribution in [1.29, 1.82) is 0 Å². The number of carboxylic acids is 1. The van der Waals surface area contributed by atoms with E-state index in [-0.39, 0.29) is 0 Å². The van der Waals surface area contributed by atoms with Crippen LogP contribution in [-0.2, 0) is 4.79 Å². The predicted octanol–water partition coefficient (Wildman–Crippen LogP) is 3.00. The number of hydrogen-bond donors (Lipinski definition) is 1. The van der Waals surface area contributed by atoms with E-state index in [4.69, 9.17) is 20.1 Å². The van der Waals surface area contributed by atoms with E-state index in [0.717, 1.165) is 0 Å². The van der Waals surface area contributed by atoms with Crippen LogP contribution in [0.25, 0.3) is 16.5 Å². The van der Waals surface area contributed by atoms with Gasteiger partial charge in [-0.1, -0.05) is 17.3 Å². The highest BCUT2D eigenvalue weighted by Crippen LogP contribution is 2.29. The van der Waals surface area contributed by atoms with Gasteiger partial charge in [0.1, 0.15) is 17.2 Å². The summed E-state index contributed by atoms with van der Waals surface area (Å²) in [7, 11) is 3.04. The van der Waals surface area contributed by atoms with E-state index in [1.165, 1.54) is 26.4 Å². The highest BCUT2D eigenvalue weighted by molar-refractivity contribution is 5.86. The van der Waals surface area contributed by atoms with Gasteiger partial charge in [-0.15, -0.1) is 0 Å². The second-order valence-electron chi connectivity index (χ2n) is 3.48. The first-order valence-corrected chi connectivity index (χ1v) is 5.51. The molecular weight excluding hydrogens is 262 g/mol. The molecule has 0 spiro atoms. The Morgan fingerprint density at radius 1 is 1.35 bits per heavy atom. The summed E-state index contributed by atoms with van der Waals surface area (Å²) in [5.74, 6) is -0.149. The number of carboxylic acid groups (broad SMARTS) is 1. The van der Waals surface area contributed by atoms with Crippen molar-refractivity contribution >= 4 is 12.0 Å². The molecule has 0 amide bonds. The Morgan fingerprint density at radius 3 is 2.40 bits per heavy atom. The minimum absolute atomic E-state index is 0.405. The second kappa shape index (κ2) is 7.50. The van der Waals surface area contributed by atoms with Gasteiger partial charge in [0.15, 0.2) is 0 Å². The zero-order valence-electron chi connectivity index (χ0n) is 11.0. The fraction of sp³-hybridized carbons (Fsp3) is 0.154. The summed E-state index contributed by atoms with van der Waals surface area (Å²) >= 11 is 0. The van der Waals surface area contributed by atoms with Gasteiger partial charge in [0.25, 0.3) is 0 Å². The van der Waals surface area contributed by atoms with Crippen LogP contribution in [0.5, 0.6) is 11.5 Å². The molecule has 0 saturated heterocycles. The second-order valence-corrected chi connectivity index (χ2v) is 3.48. The van der Waals surface area contributed by atoms with Crippen molar-refractivity contribution < 1.29 is 19.4 Å². The van der Waals surface area contributed by atoms with E-state index in [9.17, 15) is 4.79 Å². The van der Waals surface area contributed by atoms with Gasteiger partial charge < -0.3 is 14.6 Å². The molecule has 7 heteroatoms. The summed E-state index contributed by atoms with van der Waals surface area (Å²) in [5.41, 5.74) is 8.50. The molecule has 7 nitrogen and oxygen atoms in total. The van der Waals surface area contributed by atoms with Crippen LogP contribution in [0.1, 0.15) is 5.56 Å². The molecule has 0 aromatic heterocycles. The molecule has 1 aromatic rings. The Hall–Kier alpha value is -2.92. The molecule has 0 saturated carbocycles. The van der Waals surface area contributed by atoms with Crippen LogP contribution in [0.4, 0.5) is 0 Å². The summed E-state index contributed by atoms with van der Waals surface area (Å²) in [5, 5.41) is 11.9. The molecule has 1 rings (SSSR count). The molecule has 20 heavy (non-hydrogen) atoms. The Bertz CT molecular complexity index is 575. The minimum Gasteiger partial charge on any atom is -0.496 e. The van der Waals surface area contributed by atoms with Gasteiger partial charge in [-0.05, 0) is 29.8 Å². The minimum atomic E-state index is -1.31. The molecule has 1 N–H and O–H groups in total. The Morgan fingerprint density at radius 2 is 1.95 bits per heavy atom. The van der Waals surface area contributed by atoms with Crippen molar-refractivity contribution in [3.05, 3.63) is 52.1 Å². The third-order valence-electron chi connectivity index (χ3n) is 2.35. The quantitative estimate of drug-likeness (QED) is 0.283. The van der Waals surface area contributed by atoms with E-state index in [2.05, 4.69) is 10.0 Å². The summed E-state index contributed by atoms with van der Waals surface area (Å²) in [6.45, 7) is 0. The molecule has 0 fully saturated rings. The van der Waals surface area contributed by atoms with Crippen LogP contribution in [0.3, 0.4) is 0 Å². The number of rotatable bonds is 6. The largest absolute Gasteiger partial charge is 0.496 e. The summed E-state index contributed by atoms with van der Waals surface area (Å²) in [4.78, 5) is 13.2. The number of carbonyl (C=O) groups is 1. The fourth-order valence-corrected chi connectivity index (χ4v) is 1.48. The fourth-order valence-electron chi connectivity index (χ4n) is 1.48. The molecule has 1 aromatic carbocycles. The lowest BCUT2D eigenvalue weighted by atomic mass is 10.1. The van der Waals surface area contributed by atoms with Crippen LogP contribution in [0.2, 0.25) is 0 Å².